The SMILES string of the molecule is Cc1cccc(CN2CCN(C(=O)CSc3nnnn3-c3ccc(Cl)cc3)CC2)c1. The third-order valence-corrected chi connectivity index (χ3v) is 6.21. The number of carbonyl (C=O) groups is 1. The van der Waals surface area contributed by atoms with Gasteiger partial charge in [-0.1, -0.05) is 53.2 Å². The summed E-state index contributed by atoms with van der Waals surface area (Å²) in [4.78, 5) is 17.0. The predicted molar refractivity (Wildman–Crippen MR) is 118 cm³/mol. The van der Waals surface area contributed by atoms with Crippen LogP contribution in [0.5, 0.6) is 0 Å². The van der Waals surface area contributed by atoms with Crippen LogP contribution >= 0.6 is 23.4 Å². The highest BCUT2D eigenvalue weighted by Gasteiger charge is 2.22. The second-order valence-corrected chi connectivity index (χ2v) is 8.66. The fourth-order valence-corrected chi connectivity index (χ4v) is 4.37. The Morgan fingerprint density at radius 3 is 2.60 bits per heavy atom. The minimum absolute atomic E-state index is 0.112. The Morgan fingerprint density at radius 2 is 1.87 bits per heavy atom. The molecule has 1 fully saturated rings. The van der Waals surface area contributed by atoms with Crippen molar-refractivity contribution in [2.75, 3.05) is 31.9 Å². The highest BCUT2D eigenvalue weighted by Crippen LogP contribution is 2.20. The summed E-state index contributed by atoms with van der Waals surface area (Å²) in [5, 5.41) is 13.1. The molecule has 156 valence electrons. The molecule has 0 spiro atoms. The van der Waals surface area contributed by atoms with Crippen molar-refractivity contribution >= 4 is 29.3 Å². The molecule has 1 aliphatic heterocycles. The van der Waals surface area contributed by atoms with Crippen LogP contribution in [-0.4, -0.2) is 67.8 Å². The largest absolute Gasteiger partial charge is 0.339 e. The van der Waals surface area contributed by atoms with Crippen molar-refractivity contribution in [3.8, 4) is 5.69 Å². The molecule has 0 radical (unpaired) electrons. The zero-order valence-corrected chi connectivity index (χ0v) is 18.3. The Bertz CT molecular complexity index is 1000. The van der Waals surface area contributed by atoms with Crippen LogP contribution in [0.3, 0.4) is 0 Å². The molecule has 1 aromatic heterocycles. The van der Waals surface area contributed by atoms with Crippen LogP contribution in [0, 0.1) is 6.92 Å². The van der Waals surface area contributed by atoms with Crippen molar-refractivity contribution in [2.24, 2.45) is 0 Å². The average Bonchev–Trinajstić information content (AvgIpc) is 3.22. The van der Waals surface area contributed by atoms with Gasteiger partial charge in [-0.15, -0.1) is 5.10 Å². The lowest BCUT2D eigenvalue weighted by Crippen LogP contribution is -2.48. The molecule has 0 aliphatic carbocycles. The van der Waals surface area contributed by atoms with Crippen LogP contribution in [0.2, 0.25) is 5.02 Å². The third-order valence-electron chi connectivity index (χ3n) is 5.05. The molecule has 4 rings (SSSR count). The number of thioether (sulfide) groups is 1. The number of amides is 1. The van der Waals surface area contributed by atoms with Gasteiger partial charge in [-0.05, 0) is 47.2 Å². The molecule has 1 saturated heterocycles. The van der Waals surface area contributed by atoms with Gasteiger partial charge in [0.05, 0.1) is 11.4 Å². The highest BCUT2D eigenvalue weighted by molar-refractivity contribution is 7.99. The minimum atomic E-state index is 0.112. The van der Waals surface area contributed by atoms with Crippen LogP contribution in [0.15, 0.2) is 53.7 Å². The zero-order chi connectivity index (χ0) is 20.9. The van der Waals surface area contributed by atoms with Crippen LogP contribution in [0.25, 0.3) is 5.69 Å². The molecular formula is C21H23ClN6OS. The molecule has 0 bridgehead atoms. The van der Waals surface area contributed by atoms with E-state index in [1.807, 2.05) is 17.0 Å². The second-order valence-electron chi connectivity index (χ2n) is 7.28. The molecule has 30 heavy (non-hydrogen) atoms. The molecule has 1 aliphatic rings. The summed E-state index contributed by atoms with van der Waals surface area (Å²) in [6.07, 6.45) is 0. The summed E-state index contributed by atoms with van der Waals surface area (Å²) in [5.74, 6) is 0.423. The molecule has 0 unspecified atom stereocenters. The van der Waals surface area contributed by atoms with Crippen molar-refractivity contribution in [1.82, 2.24) is 30.0 Å². The lowest BCUT2D eigenvalue weighted by molar-refractivity contribution is -0.130. The summed E-state index contributed by atoms with van der Waals surface area (Å²) >= 11 is 7.29. The second kappa shape index (κ2) is 9.59. The fourth-order valence-electron chi connectivity index (χ4n) is 3.45. The normalized spacial score (nSPS) is 14.8. The van der Waals surface area contributed by atoms with E-state index >= 15 is 0 Å². The molecule has 0 atom stereocenters. The number of hydrogen-bond donors (Lipinski definition) is 0. The van der Waals surface area contributed by atoms with Gasteiger partial charge in [-0.2, -0.15) is 4.68 Å². The summed E-state index contributed by atoms with van der Waals surface area (Å²) in [7, 11) is 0. The number of halogens is 1. The van der Waals surface area contributed by atoms with Crippen molar-refractivity contribution < 1.29 is 4.79 Å². The van der Waals surface area contributed by atoms with Crippen molar-refractivity contribution in [2.45, 2.75) is 18.6 Å². The van der Waals surface area contributed by atoms with Crippen molar-refractivity contribution in [1.29, 1.82) is 0 Å². The Hall–Kier alpha value is -2.42. The Balaban J connectivity index is 1.28. The van der Waals surface area contributed by atoms with E-state index in [1.165, 1.54) is 22.9 Å². The number of hydrogen-bond acceptors (Lipinski definition) is 6. The van der Waals surface area contributed by atoms with E-state index in [9.17, 15) is 4.79 Å². The first-order valence-corrected chi connectivity index (χ1v) is 11.2. The molecule has 1 amide bonds. The molecule has 0 N–H and O–H groups in total. The highest BCUT2D eigenvalue weighted by atomic mass is 35.5. The Labute approximate surface area is 185 Å². The molecule has 3 aromatic rings. The number of carbonyl (C=O) groups excluding carboxylic acids is 1. The molecule has 2 aromatic carbocycles. The van der Waals surface area contributed by atoms with Gasteiger partial charge in [-0.25, -0.2) is 0 Å². The van der Waals surface area contributed by atoms with E-state index in [0.29, 0.717) is 15.9 Å². The molecule has 7 nitrogen and oxygen atoms in total. The molecule has 2 heterocycles. The van der Waals surface area contributed by atoms with Gasteiger partial charge in [0, 0.05) is 37.7 Å². The first-order valence-electron chi connectivity index (χ1n) is 9.81. The number of benzene rings is 2. The summed E-state index contributed by atoms with van der Waals surface area (Å²) < 4.78 is 1.62. The lowest BCUT2D eigenvalue weighted by Gasteiger charge is -2.34. The number of aryl methyl sites for hydroxylation is 1. The van der Waals surface area contributed by atoms with Gasteiger partial charge < -0.3 is 4.90 Å². The van der Waals surface area contributed by atoms with Gasteiger partial charge in [0.1, 0.15) is 0 Å². The fraction of sp³-hybridized carbons (Fsp3) is 0.333. The van der Waals surface area contributed by atoms with E-state index in [0.717, 1.165) is 38.4 Å². The number of nitrogens with zero attached hydrogens (tertiary/aromatic N) is 6. The first kappa shape index (κ1) is 20.8. The van der Waals surface area contributed by atoms with E-state index in [2.05, 4.69) is 51.6 Å². The Morgan fingerprint density at radius 1 is 1.10 bits per heavy atom. The molecular weight excluding hydrogens is 420 g/mol. The summed E-state index contributed by atoms with van der Waals surface area (Å²) in [6, 6.07) is 15.9. The number of piperazine rings is 1. The van der Waals surface area contributed by atoms with Crippen LogP contribution in [0.1, 0.15) is 11.1 Å². The van der Waals surface area contributed by atoms with Gasteiger partial charge >= 0.3 is 0 Å². The van der Waals surface area contributed by atoms with Crippen LogP contribution < -0.4 is 0 Å². The zero-order valence-electron chi connectivity index (χ0n) is 16.7. The van der Waals surface area contributed by atoms with Gasteiger partial charge in [-0.3, -0.25) is 9.69 Å². The smallest absolute Gasteiger partial charge is 0.233 e. The Kier molecular flexibility index (Phi) is 6.66. The summed E-state index contributed by atoms with van der Waals surface area (Å²) in [6.45, 7) is 6.29. The van der Waals surface area contributed by atoms with Gasteiger partial charge in [0.25, 0.3) is 0 Å². The van der Waals surface area contributed by atoms with Crippen LogP contribution in [-0.2, 0) is 11.3 Å². The molecule has 0 saturated carbocycles. The number of tetrazole rings is 1. The van der Waals surface area contributed by atoms with E-state index in [1.54, 1.807) is 16.8 Å². The molecule has 9 heteroatoms. The average molecular weight is 443 g/mol. The van der Waals surface area contributed by atoms with E-state index < -0.39 is 0 Å². The van der Waals surface area contributed by atoms with Gasteiger partial charge in [0.15, 0.2) is 0 Å². The summed E-state index contributed by atoms with van der Waals surface area (Å²) in [5.41, 5.74) is 3.41. The van der Waals surface area contributed by atoms with E-state index in [-0.39, 0.29) is 5.91 Å². The maximum absolute atomic E-state index is 12.7. The maximum atomic E-state index is 12.7. The topological polar surface area (TPSA) is 67.2 Å². The monoisotopic (exact) mass is 442 g/mol. The maximum Gasteiger partial charge on any atom is 0.233 e. The number of rotatable bonds is 6. The quantitative estimate of drug-likeness (QED) is 0.546. The third kappa shape index (κ3) is 5.19. The van der Waals surface area contributed by atoms with Crippen molar-refractivity contribution in [3.05, 3.63) is 64.7 Å². The van der Waals surface area contributed by atoms with E-state index in [4.69, 9.17) is 11.6 Å². The first-order chi connectivity index (χ1) is 14.6. The standard InChI is InChI=1S/C21H23ClN6OS/c1-16-3-2-4-17(13-16)14-26-9-11-27(12-10-26)20(29)15-30-21-23-24-25-28(21)19-7-5-18(22)6-8-19/h2-8,13H,9-12,14-15H2,1H3. The van der Waals surface area contributed by atoms with Gasteiger partial charge in [0.2, 0.25) is 11.1 Å². The lowest BCUT2D eigenvalue weighted by atomic mass is 10.1. The van der Waals surface area contributed by atoms with Crippen molar-refractivity contribution in [3.63, 3.8) is 0 Å². The minimum Gasteiger partial charge on any atom is -0.339 e. The predicted octanol–water partition coefficient (Wildman–Crippen LogP) is 3.06. The number of aromatic nitrogens is 4. The van der Waals surface area contributed by atoms with Crippen LogP contribution in [0.4, 0.5) is 0 Å².